The summed E-state index contributed by atoms with van der Waals surface area (Å²) in [5, 5.41) is 8.92. The fourth-order valence-corrected chi connectivity index (χ4v) is 3.22. The molecule has 0 saturated heterocycles. The molecule has 0 saturated carbocycles. The van der Waals surface area contributed by atoms with Gasteiger partial charge in [0.1, 0.15) is 5.82 Å². The third-order valence-corrected chi connectivity index (χ3v) is 4.36. The minimum atomic E-state index is -0.0156. The molecule has 2 aromatic rings. The Bertz CT molecular complexity index is 621. The second-order valence-electron chi connectivity index (χ2n) is 6.49. The molecule has 0 aliphatic rings. The van der Waals surface area contributed by atoms with Crippen LogP contribution < -0.4 is 5.32 Å². The van der Waals surface area contributed by atoms with Crippen molar-refractivity contribution >= 4 is 16.7 Å². The van der Waals surface area contributed by atoms with E-state index < -0.39 is 0 Å². The van der Waals surface area contributed by atoms with Gasteiger partial charge in [0.05, 0.1) is 11.7 Å². The summed E-state index contributed by atoms with van der Waals surface area (Å²) in [6, 6.07) is 0.222. The van der Waals surface area contributed by atoms with E-state index in [1.54, 1.807) is 0 Å². The van der Waals surface area contributed by atoms with E-state index in [1.165, 1.54) is 22.8 Å². The zero-order valence-electron chi connectivity index (χ0n) is 14.0. The smallest absolute Gasteiger partial charge is 0.203 e. The molecule has 0 bridgehead atoms. The summed E-state index contributed by atoms with van der Waals surface area (Å²) in [5.74, 6) is 0.893. The SMILES string of the molecule is CCC(Nc1nc(C(C)(C)C)ns1)c1c(C)nn(C)c1C. The molecule has 0 aliphatic heterocycles. The molecule has 1 unspecified atom stereocenters. The van der Waals surface area contributed by atoms with E-state index in [0.717, 1.165) is 23.1 Å². The van der Waals surface area contributed by atoms with E-state index in [0.29, 0.717) is 0 Å². The highest BCUT2D eigenvalue weighted by atomic mass is 32.1. The van der Waals surface area contributed by atoms with Crippen molar-refractivity contribution in [1.82, 2.24) is 19.1 Å². The van der Waals surface area contributed by atoms with Crippen LogP contribution in [0.5, 0.6) is 0 Å². The van der Waals surface area contributed by atoms with Gasteiger partial charge in [-0.05, 0) is 20.3 Å². The van der Waals surface area contributed by atoms with Gasteiger partial charge in [0.25, 0.3) is 0 Å². The molecule has 0 spiro atoms. The lowest BCUT2D eigenvalue weighted by Gasteiger charge is -2.17. The van der Waals surface area contributed by atoms with Crippen LogP contribution in [0.3, 0.4) is 0 Å². The van der Waals surface area contributed by atoms with Crippen molar-refractivity contribution in [3.63, 3.8) is 0 Å². The van der Waals surface area contributed by atoms with Crippen LogP contribution in [-0.2, 0) is 12.5 Å². The second-order valence-corrected chi connectivity index (χ2v) is 7.24. The molecule has 116 valence electrons. The lowest BCUT2D eigenvalue weighted by atomic mass is 9.96. The summed E-state index contributed by atoms with van der Waals surface area (Å²) in [4.78, 5) is 4.63. The van der Waals surface area contributed by atoms with Crippen LogP contribution in [0.4, 0.5) is 5.13 Å². The van der Waals surface area contributed by atoms with E-state index in [4.69, 9.17) is 0 Å². The molecule has 2 rings (SSSR count). The summed E-state index contributed by atoms with van der Waals surface area (Å²) < 4.78 is 6.41. The standard InChI is InChI=1S/C15H25N5S/c1-8-11(12-9(2)18-20(7)10(12)3)16-14-17-13(19-21-14)15(4,5)6/h11H,8H2,1-7H3,(H,16,17,19). The van der Waals surface area contributed by atoms with Crippen molar-refractivity contribution < 1.29 is 0 Å². The molecule has 2 heterocycles. The number of hydrogen-bond acceptors (Lipinski definition) is 5. The van der Waals surface area contributed by atoms with Crippen molar-refractivity contribution in [3.8, 4) is 0 Å². The predicted octanol–water partition coefficient (Wildman–Crippen LogP) is 3.75. The van der Waals surface area contributed by atoms with Gasteiger partial charge in [-0.1, -0.05) is 27.7 Å². The maximum absolute atomic E-state index is 4.63. The number of aryl methyl sites for hydroxylation is 2. The Balaban J connectivity index is 2.25. The van der Waals surface area contributed by atoms with Crippen molar-refractivity contribution in [2.24, 2.45) is 7.05 Å². The van der Waals surface area contributed by atoms with Gasteiger partial charge in [0.2, 0.25) is 5.13 Å². The maximum atomic E-state index is 4.63. The van der Waals surface area contributed by atoms with Crippen LogP contribution in [0.1, 0.15) is 62.9 Å². The first kappa shape index (κ1) is 15.9. The second kappa shape index (κ2) is 5.75. The summed E-state index contributed by atoms with van der Waals surface area (Å²) in [7, 11) is 1.99. The van der Waals surface area contributed by atoms with Crippen molar-refractivity contribution in [3.05, 3.63) is 22.8 Å². The van der Waals surface area contributed by atoms with E-state index >= 15 is 0 Å². The Morgan fingerprint density at radius 1 is 1.29 bits per heavy atom. The van der Waals surface area contributed by atoms with E-state index in [2.05, 4.69) is 61.3 Å². The third-order valence-electron chi connectivity index (χ3n) is 3.72. The molecule has 6 heteroatoms. The van der Waals surface area contributed by atoms with Crippen molar-refractivity contribution in [2.45, 2.75) is 59.4 Å². The fraction of sp³-hybridized carbons (Fsp3) is 0.667. The number of rotatable bonds is 4. The molecular formula is C15H25N5S. The molecule has 1 N–H and O–H groups in total. The van der Waals surface area contributed by atoms with Crippen LogP contribution in [-0.4, -0.2) is 19.1 Å². The van der Waals surface area contributed by atoms with Crippen molar-refractivity contribution in [1.29, 1.82) is 0 Å². The third kappa shape index (κ3) is 3.26. The van der Waals surface area contributed by atoms with Gasteiger partial charge < -0.3 is 5.32 Å². The number of nitrogens with one attached hydrogen (secondary N) is 1. The molecule has 0 radical (unpaired) electrons. The molecule has 0 fully saturated rings. The summed E-state index contributed by atoms with van der Waals surface area (Å²) in [6.07, 6.45) is 0.984. The molecule has 0 amide bonds. The first-order valence-electron chi connectivity index (χ1n) is 7.34. The normalized spacial score (nSPS) is 13.5. The zero-order chi connectivity index (χ0) is 15.8. The lowest BCUT2D eigenvalue weighted by Crippen LogP contribution is -2.14. The van der Waals surface area contributed by atoms with E-state index in [9.17, 15) is 0 Å². The Kier molecular flexibility index (Phi) is 4.37. The topological polar surface area (TPSA) is 55.6 Å². The first-order valence-corrected chi connectivity index (χ1v) is 8.12. The van der Waals surface area contributed by atoms with Crippen molar-refractivity contribution in [2.75, 3.05) is 5.32 Å². The monoisotopic (exact) mass is 307 g/mol. The fourth-order valence-electron chi connectivity index (χ4n) is 2.41. The highest BCUT2D eigenvalue weighted by Gasteiger charge is 2.23. The largest absolute Gasteiger partial charge is 0.353 e. The minimum absolute atomic E-state index is 0.0156. The predicted molar refractivity (Wildman–Crippen MR) is 87.9 cm³/mol. The average Bonchev–Trinajstić information content (AvgIpc) is 2.94. The summed E-state index contributed by atoms with van der Waals surface area (Å²) in [5.41, 5.74) is 3.54. The van der Waals surface area contributed by atoms with E-state index in [1.807, 2.05) is 11.7 Å². The summed E-state index contributed by atoms with van der Waals surface area (Å²) >= 11 is 1.43. The number of anilines is 1. The molecular weight excluding hydrogens is 282 g/mol. The number of aromatic nitrogens is 4. The quantitative estimate of drug-likeness (QED) is 0.934. The van der Waals surface area contributed by atoms with Gasteiger partial charge in [-0.3, -0.25) is 4.68 Å². The van der Waals surface area contributed by atoms with Crippen LogP contribution in [0.2, 0.25) is 0 Å². The van der Waals surface area contributed by atoms with Crippen LogP contribution in [0.15, 0.2) is 0 Å². The molecule has 0 aliphatic carbocycles. The van der Waals surface area contributed by atoms with Gasteiger partial charge in [-0.25, -0.2) is 4.98 Å². The number of nitrogens with zero attached hydrogens (tertiary/aromatic N) is 4. The van der Waals surface area contributed by atoms with Gasteiger partial charge in [-0.2, -0.15) is 9.47 Å². The minimum Gasteiger partial charge on any atom is -0.353 e. The average molecular weight is 307 g/mol. The van der Waals surface area contributed by atoms with Crippen LogP contribution in [0, 0.1) is 13.8 Å². The zero-order valence-corrected chi connectivity index (χ0v) is 14.8. The van der Waals surface area contributed by atoms with Crippen LogP contribution in [0.25, 0.3) is 0 Å². The Morgan fingerprint density at radius 3 is 2.38 bits per heavy atom. The molecule has 21 heavy (non-hydrogen) atoms. The summed E-state index contributed by atoms with van der Waals surface area (Å²) in [6.45, 7) is 12.7. The molecule has 2 aromatic heterocycles. The van der Waals surface area contributed by atoms with Crippen LogP contribution >= 0.6 is 11.5 Å². The molecule has 1 atom stereocenters. The lowest BCUT2D eigenvalue weighted by molar-refractivity contribution is 0.554. The van der Waals surface area contributed by atoms with Gasteiger partial charge in [0, 0.05) is 35.3 Å². The highest BCUT2D eigenvalue weighted by Crippen LogP contribution is 2.30. The Labute approximate surface area is 131 Å². The maximum Gasteiger partial charge on any atom is 0.203 e. The highest BCUT2D eigenvalue weighted by molar-refractivity contribution is 7.09. The molecule has 0 aromatic carbocycles. The van der Waals surface area contributed by atoms with Gasteiger partial charge in [-0.15, -0.1) is 0 Å². The first-order chi connectivity index (χ1) is 9.74. The Hall–Kier alpha value is -1.43. The Morgan fingerprint density at radius 2 is 1.95 bits per heavy atom. The molecule has 5 nitrogen and oxygen atoms in total. The number of hydrogen-bond donors (Lipinski definition) is 1. The van der Waals surface area contributed by atoms with Gasteiger partial charge in [0.15, 0.2) is 0 Å². The van der Waals surface area contributed by atoms with E-state index in [-0.39, 0.29) is 11.5 Å². The van der Waals surface area contributed by atoms with Gasteiger partial charge >= 0.3 is 0 Å².